The van der Waals surface area contributed by atoms with Gasteiger partial charge in [0.1, 0.15) is 0 Å². The Morgan fingerprint density at radius 2 is 2.13 bits per heavy atom. The van der Waals surface area contributed by atoms with Gasteiger partial charge in [-0.05, 0) is 25.1 Å². The van der Waals surface area contributed by atoms with E-state index < -0.39 is 0 Å². The van der Waals surface area contributed by atoms with Gasteiger partial charge in [0.25, 0.3) is 0 Å². The van der Waals surface area contributed by atoms with Gasteiger partial charge in [-0.2, -0.15) is 0 Å². The molecule has 0 fully saturated rings. The molecule has 3 nitrogen and oxygen atoms in total. The Labute approximate surface area is 90.5 Å². The summed E-state index contributed by atoms with van der Waals surface area (Å²) in [6, 6.07) is 5.46. The average molecular weight is 205 g/mol. The molecule has 1 unspecified atom stereocenters. The van der Waals surface area contributed by atoms with Crippen LogP contribution >= 0.6 is 0 Å². The predicted molar refractivity (Wildman–Crippen MR) is 59.2 cm³/mol. The van der Waals surface area contributed by atoms with Crippen LogP contribution < -0.4 is 9.47 Å². The summed E-state index contributed by atoms with van der Waals surface area (Å²) in [7, 11) is 1.60. The van der Waals surface area contributed by atoms with E-state index in [1.54, 1.807) is 7.11 Å². The molecule has 1 rings (SSSR count). The fourth-order valence-corrected chi connectivity index (χ4v) is 1.29. The maximum Gasteiger partial charge on any atom is 0.246 e. The van der Waals surface area contributed by atoms with Crippen molar-refractivity contribution >= 4 is 0 Å². The number of rotatable bonds is 4. The minimum atomic E-state index is -0.144. The molecule has 1 aromatic rings. The molecule has 0 saturated heterocycles. The molecule has 0 saturated carbocycles. The predicted octanol–water partition coefficient (Wildman–Crippen LogP) is 3.07. The molecule has 0 heterocycles. The Bertz CT molecular complexity index is 368. The van der Waals surface area contributed by atoms with Crippen LogP contribution in [0.1, 0.15) is 25.5 Å². The molecule has 0 amide bonds. The molecule has 1 aromatic carbocycles. The number of hydrogen-bond donors (Lipinski definition) is 0. The van der Waals surface area contributed by atoms with Crippen molar-refractivity contribution in [2.75, 3.05) is 13.7 Å². The lowest BCUT2D eigenvalue weighted by Gasteiger charge is -2.10. The Balaban J connectivity index is 3.03. The Kier molecular flexibility index (Phi) is 3.99. The molecule has 0 N–H and O–H groups in total. The fraction of sp³-hybridized carbons (Fsp3) is 0.417. The monoisotopic (exact) mass is 205 g/mol. The van der Waals surface area contributed by atoms with Gasteiger partial charge in [0.05, 0.1) is 13.7 Å². The van der Waals surface area contributed by atoms with E-state index in [4.69, 9.17) is 16.0 Å². The van der Waals surface area contributed by atoms with E-state index in [0.29, 0.717) is 12.4 Å². The summed E-state index contributed by atoms with van der Waals surface area (Å²) in [6.45, 7) is 11.4. The average Bonchev–Trinajstić information content (AvgIpc) is 2.29. The van der Waals surface area contributed by atoms with Gasteiger partial charge in [0, 0.05) is 12.5 Å². The van der Waals surface area contributed by atoms with E-state index in [0.717, 1.165) is 11.3 Å². The van der Waals surface area contributed by atoms with Gasteiger partial charge >= 0.3 is 0 Å². The first-order valence-electron chi connectivity index (χ1n) is 4.90. The first kappa shape index (κ1) is 11.4. The quantitative estimate of drug-likeness (QED) is 0.705. The van der Waals surface area contributed by atoms with Crippen molar-refractivity contribution in [3.63, 3.8) is 0 Å². The second kappa shape index (κ2) is 5.26. The van der Waals surface area contributed by atoms with Crippen LogP contribution in [0.15, 0.2) is 18.2 Å². The van der Waals surface area contributed by atoms with Crippen LogP contribution in [0.3, 0.4) is 0 Å². The summed E-state index contributed by atoms with van der Waals surface area (Å²) >= 11 is 0. The molecule has 1 atom stereocenters. The van der Waals surface area contributed by atoms with Crippen molar-refractivity contribution in [2.45, 2.75) is 19.9 Å². The van der Waals surface area contributed by atoms with E-state index in [2.05, 4.69) is 4.85 Å². The Hall–Kier alpha value is -1.69. The van der Waals surface area contributed by atoms with E-state index >= 15 is 0 Å². The second-order valence-corrected chi connectivity index (χ2v) is 3.15. The number of methoxy groups -OCH3 is 1. The van der Waals surface area contributed by atoms with Crippen molar-refractivity contribution in [1.82, 2.24) is 0 Å². The SMILES string of the molecule is [C-]#[N+]C(C)c1ccc(OCC)c(OC)c1. The van der Waals surface area contributed by atoms with Crippen LogP contribution in [0.5, 0.6) is 11.5 Å². The first-order valence-corrected chi connectivity index (χ1v) is 4.90. The van der Waals surface area contributed by atoms with Crippen LogP contribution in [-0.4, -0.2) is 13.7 Å². The lowest BCUT2D eigenvalue weighted by Crippen LogP contribution is -1.97. The van der Waals surface area contributed by atoms with Crippen molar-refractivity contribution in [3.05, 3.63) is 35.2 Å². The second-order valence-electron chi connectivity index (χ2n) is 3.15. The summed E-state index contributed by atoms with van der Waals surface area (Å²) in [4.78, 5) is 3.46. The van der Waals surface area contributed by atoms with Crippen molar-refractivity contribution in [3.8, 4) is 11.5 Å². The van der Waals surface area contributed by atoms with Crippen molar-refractivity contribution in [2.24, 2.45) is 0 Å². The van der Waals surface area contributed by atoms with Gasteiger partial charge in [0.15, 0.2) is 11.5 Å². The molecule has 80 valence electrons. The lowest BCUT2D eigenvalue weighted by molar-refractivity contribution is 0.310. The Morgan fingerprint density at radius 1 is 1.40 bits per heavy atom. The van der Waals surface area contributed by atoms with E-state index in [1.807, 2.05) is 32.0 Å². The largest absolute Gasteiger partial charge is 0.493 e. The van der Waals surface area contributed by atoms with E-state index in [9.17, 15) is 0 Å². The molecule has 0 spiro atoms. The summed E-state index contributed by atoms with van der Waals surface area (Å²) in [5.41, 5.74) is 0.949. The third-order valence-electron chi connectivity index (χ3n) is 2.16. The number of benzene rings is 1. The maximum atomic E-state index is 6.96. The van der Waals surface area contributed by atoms with Crippen LogP contribution in [0.2, 0.25) is 0 Å². The first-order chi connectivity index (χ1) is 7.22. The maximum absolute atomic E-state index is 6.96. The number of ether oxygens (including phenoxy) is 2. The molecule has 3 heteroatoms. The molecular weight excluding hydrogens is 190 g/mol. The van der Waals surface area contributed by atoms with Gasteiger partial charge in [-0.1, -0.05) is 0 Å². The standard InChI is InChI=1S/C12H15NO2/c1-5-15-11-7-6-10(9(2)13-3)8-12(11)14-4/h6-9H,5H2,1-2,4H3. The van der Waals surface area contributed by atoms with Gasteiger partial charge in [-0.25, -0.2) is 6.57 Å². The molecule has 0 aromatic heterocycles. The Morgan fingerprint density at radius 3 is 2.67 bits per heavy atom. The van der Waals surface area contributed by atoms with Gasteiger partial charge in [-0.15, -0.1) is 0 Å². The normalized spacial score (nSPS) is 11.6. The molecule has 0 bridgehead atoms. The zero-order valence-corrected chi connectivity index (χ0v) is 9.28. The molecule has 0 radical (unpaired) electrons. The highest BCUT2D eigenvalue weighted by molar-refractivity contribution is 5.44. The van der Waals surface area contributed by atoms with Crippen LogP contribution in [0.25, 0.3) is 4.85 Å². The van der Waals surface area contributed by atoms with Crippen molar-refractivity contribution in [1.29, 1.82) is 0 Å². The highest BCUT2D eigenvalue weighted by atomic mass is 16.5. The highest BCUT2D eigenvalue weighted by Crippen LogP contribution is 2.31. The van der Waals surface area contributed by atoms with Gasteiger partial charge in [0.2, 0.25) is 6.04 Å². The summed E-state index contributed by atoms with van der Waals surface area (Å²) in [5.74, 6) is 1.41. The lowest BCUT2D eigenvalue weighted by atomic mass is 10.1. The minimum Gasteiger partial charge on any atom is -0.493 e. The summed E-state index contributed by atoms with van der Waals surface area (Å²) < 4.78 is 10.6. The summed E-state index contributed by atoms with van der Waals surface area (Å²) in [5, 5.41) is 0. The van der Waals surface area contributed by atoms with E-state index in [-0.39, 0.29) is 6.04 Å². The summed E-state index contributed by atoms with van der Waals surface area (Å²) in [6.07, 6.45) is 0. The molecule has 0 aliphatic carbocycles. The van der Waals surface area contributed by atoms with Crippen LogP contribution in [0.4, 0.5) is 0 Å². The molecule has 0 aliphatic rings. The zero-order chi connectivity index (χ0) is 11.3. The van der Waals surface area contributed by atoms with Gasteiger partial charge < -0.3 is 14.3 Å². The fourth-order valence-electron chi connectivity index (χ4n) is 1.29. The molecular formula is C12H15NO2. The highest BCUT2D eigenvalue weighted by Gasteiger charge is 2.12. The minimum absolute atomic E-state index is 0.144. The van der Waals surface area contributed by atoms with Crippen molar-refractivity contribution < 1.29 is 9.47 Å². The third kappa shape index (κ3) is 2.63. The zero-order valence-electron chi connectivity index (χ0n) is 9.28. The van der Waals surface area contributed by atoms with Crippen LogP contribution in [-0.2, 0) is 0 Å². The number of nitrogens with zero attached hydrogens (tertiary/aromatic N) is 1. The third-order valence-corrected chi connectivity index (χ3v) is 2.16. The molecule has 15 heavy (non-hydrogen) atoms. The smallest absolute Gasteiger partial charge is 0.246 e. The van der Waals surface area contributed by atoms with Gasteiger partial charge in [-0.3, -0.25) is 0 Å². The van der Waals surface area contributed by atoms with Crippen LogP contribution in [0, 0.1) is 6.57 Å². The topological polar surface area (TPSA) is 22.8 Å². The molecule has 0 aliphatic heterocycles. The number of hydrogen-bond acceptors (Lipinski definition) is 2. The van der Waals surface area contributed by atoms with E-state index in [1.165, 1.54) is 0 Å².